The zero-order chi connectivity index (χ0) is 10.0. The summed E-state index contributed by atoms with van der Waals surface area (Å²) >= 11 is 0. The molecule has 0 aliphatic rings. The van der Waals surface area contributed by atoms with Gasteiger partial charge in [-0.3, -0.25) is 4.98 Å². The summed E-state index contributed by atoms with van der Waals surface area (Å²) in [5.74, 6) is 0.491. The van der Waals surface area contributed by atoms with Gasteiger partial charge in [0.1, 0.15) is 11.4 Å². The normalized spacial score (nSPS) is 10.6. The average Bonchev–Trinajstić information content (AvgIpc) is 2.04. The third kappa shape index (κ3) is 1.76. The average molecular weight is 187 g/mol. The van der Waals surface area contributed by atoms with Crippen molar-refractivity contribution in [2.24, 2.45) is 0 Å². The quantitative estimate of drug-likeness (QED) is 0.710. The third-order valence-electron chi connectivity index (χ3n) is 1.89. The van der Waals surface area contributed by atoms with E-state index < -0.39 is 6.43 Å². The summed E-state index contributed by atoms with van der Waals surface area (Å²) in [6, 6.07) is 0. The Labute approximate surface area is 75.6 Å². The van der Waals surface area contributed by atoms with E-state index >= 15 is 0 Å². The van der Waals surface area contributed by atoms with E-state index in [1.807, 2.05) is 0 Å². The van der Waals surface area contributed by atoms with Crippen LogP contribution in [-0.4, -0.2) is 12.1 Å². The van der Waals surface area contributed by atoms with Crippen LogP contribution in [0.1, 0.15) is 23.2 Å². The molecular formula is C9H11F2NO. The highest BCUT2D eigenvalue weighted by Gasteiger charge is 2.16. The second-order valence-corrected chi connectivity index (χ2v) is 2.79. The molecule has 0 aliphatic carbocycles. The molecule has 0 fully saturated rings. The van der Waals surface area contributed by atoms with Gasteiger partial charge in [0, 0.05) is 17.3 Å². The highest BCUT2D eigenvalue weighted by molar-refractivity contribution is 5.41. The molecule has 0 radical (unpaired) electrons. The highest BCUT2D eigenvalue weighted by Crippen LogP contribution is 2.29. The first-order valence-electron chi connectivity index (χ1n) is 3.86. The van der Waals surface area contributed by atoms with Crippen LogP contribution in [0.4, 0.5) is 8.78 Å². The number of hydrogen-bond acceptors (Lipinski definition) is 2. The van der Waals surface area contributed by atoms with Crippen LogP contribution >= 0.6 is 0 Å². The van der Waals surface area contributed by atoms with Crippen LogP contribution < -0.4 is 4.74 Å². The molecule has 0 N–H and O–H groups in total. The lowest BCUT2D eigenvalue weighted by molar-refractivity contribution is 0.144. The number of ether oxygens (including phenoxy) is 1. The molecule has 0 aliphatic heterocycles. The monoisotopic (exact) mass is 187 g/mol. The fourth-order valence-electron chi connectivity index (χ4n) is 1.27. The standard InChI is InChI=1S/C9H11F2NO/c1-5-4-12-7(9(10)11)6(2)8(5)13-3/h4,9H,1-3H3. The van der Waals surface area contributed by atoms with Crippen molar-refractivity contribution in [1.82, 2.24) is 4.98 Å². The van der Waals surface area contributed by atoms with Gasteiger partial charge in [-0.1, -0.05) is 0 Å². The molecule has 4 heteroatoms. The van der Waals surface area contributed by atoms with Crippen molar-refractivity contribution in [2.45, 2.75) is 20.3 Å². The highest BCUT2D eigenvalue weighted by atomic mass is 19.3. The minimum atomic E-state index is -2.55. The van der Waals surface area contributed by atoms with Crippen molar-refractivity contribution in [3.05, 3.63) is 23.0 Å². The van der Waals surface area contributed by atoms with Crippen LogP contribution in [0.15, 0.2) is 6.20 Å². The van der Waals surface area contributed by atoms with Gasteiger partial charge in [-0.15, -0.1) is 0 Å². The van der Waals surface area contributed by atoms with Crippen LogP contribution in [-0.2, 0) is 0 Å². The Balaban J connectivity index is 3.27. The molecule has 1 aromatic heterocycles. The van der Waals surface area contributed by atoms with E-state index in [0.717, 1.165) is 5.56 Å². The van der Waals surface area contributed by atoms with Gasteiger partial charge in [-0.05, 0) is 13.8 Å². The third-order valence-corrected chi connectivity index (χ3v) is 1.89. The Morgan fingerprint density at radius 1 is 1.38 bits per heavy atom. The molecule has 1 aromatic rings. The molecule has 0 saturated heterocycles. The number of hydrogen-bond donors (Lipinski definition) is 0. The second kappa shape index (κ2) is 3.68. The van der Waals surface area contributed by atoms with Gasteiger partial charge >= 0.3 is 0 Å². The van der Waals surface area contributed by atoms with E-state index in [4.69, 9.17) is 4.74 Å². The first-order valence-corrected chi connectivity index (χ1v) is 3.86. The van der Waals surface area contributed by atoms with Crippen molar-refractivity contribution in [2.75, 3.05) is 7.11 Å². The van der Waals surface area contributed by atoms with Crippen LogP contribution in [0.3, 0.4) is 0 Å². The van der Waals surface area contributed by atoms with E-state index in [-0.39, 0.29) is 5.69 Å². The molecule has 13 heavy (non-hydrogen) atoms. The van der Waals surface area contributed by atoms with E-state index in [1.165, 1.54) is 13.3 Å². The Bertz CT molecular complexity index is 313. The SMILES string of the molecule is COc1c(C)cnc(C(F)F)c1C. The van der Waals surface area contributed by atoms with Crippen molar-refractivity contribution in [1.29, 1.82) is 0 Å². The molecule has 0 atom stereocenters. The number of halogens is 2. The van der Waals surface area contributed by atoms with Crippen LogP contribution in [0.25, 0.3) is 0 Å². The Kier molecular flexibility index (Phi) is 2.80. The number of aromatic nitrogens is 1. The number of nitrogens with zero attached hydrogens (tertiary/aromatic N) is 1. The minimum absolute atomic E-state index is 0.206. The molecule has 0 spiro atoms. The second-order valence-electron chi connectivity index (χ2n) is 2.79. The minimum Gasteiger partial charge on any atom is -0.496 e. The predicted molar refractivity (Wildman–Crippen MR) is 45.2 cm³/mol. The van der Waals surface area contributed by atoms with Crippen LogP contribution in [0, 0.1) is 13.8 Å². The number of pyridine rings is 1. The van der Waals surface area contributed by atoms with E-state index in [0.29, 0.717) is 11.3 Å². The maximum atomic E-state index is 12.4. The van der Waals surface area contributed by atoms with Crippen molar-refractivity contribution >= 4 is 0 Å². The summed E-state index contributed by atoms with van der Waals surface area (Å²) in [6.45, 7) is 3.36. The Morgan fingerprint density at radius 3 is 2.46 bits per heavy atom. The summed E-state index contributed by atoms with van der Waals surface area (Å²) in [5, 5.41) is 0. The predicted octanol–water partition coefficient (Wildman–Crippen LogP) is 2.64. The van der Waals surface area contributed by atoms with E-state index in [9.17, 15) is 8.78 Å². The maximum Gasteiger partial charge on any atom is 0.280 e. The van der Waals surface area contributed by atoms with Gasteiger partial charge in [0.25, 0.3) is 6.43 Å². The fraction of sp³-hybridized carbons (Fsp3) is 0.444. The number of alkyl halides is 2. The van der Waals surface area contributed by atoms with Crippen molar-refractivity contribution in [3.8, 4) is 5.75 Å². The smallest absolute Gasteiger partial charge is 0.280 e. The van der Waals surface area contributed by atoms with Crippen LogP contribution in [0.2, 0.25) is 0 Å². The van der Waals surface area contributed by atoms with Gasteiger partial charge < -0.3 is 4.74 Å². The molecule has 2 nitrogen and oxygen atoms in total. The molecule has 0 saturated carbocycles. The fourth-order valence-corrected chi connectivity index (χ4v) is 1.27. The van der Waals surface area contributed by atoms with Crippen molar-refractivity contribution in [3.63, 3.8) is 0 Å². The first-order chi connectivity index (χ1) is 6.07. The molecule has 0 aromatic carbocycles. The molecule has 0 amide bonds. The van der Waals surface area contributed by atoms with Gasteiger partial charge in [0.2, 0.25) is 0 Å². The summed E-state index contributed by atoms with van der Waals surface area (Å²) in [5.41, 5.74) is 0.976. The zero-order valence-electron chi connectivity index (χ0n) is 7.77. The van der Waals surface area contributed by atoms with E-state index in [1.54, 1.807) is 13.8 Å². The van der Waals surface area contributed by atoms with Gasteiger partial charge in [-0.2, -0.15) is 0 Å². The Hall–Kier alpha value is -1.19. The molecule has 0 bridgehead atoms. The summed E-state index contributed by atoms with van der Waals surface area (Å²) in [6.07, 6.45) is -1.15. The molecule has 1 heterocycles. The maximum absolute atomic E-state index is 12.4. The summed E-state index contributed by atoms with van der Waals surface area (Å²) in [7, 11) is 1.46. The lowest BCUT2D eigenvalue weighted by Gasteiger charge is -2.11. The van der Waals surface area contributed by atoms with Gasteiger partial charge in [-0.25, -0.2) is 8.78 Å². The lowest BCUT2D eigenvalue weighted by atomic mass is 10.1. The Morgan fingerprint density at radius 2 is 2.00 bits per heavy atom. The van der Waals surface area contributed by atoms with E-state index in [2.05, 4.69) is 4.98 Å². The topological polar surface area (TPSA) is 22.1 Å². The van der Waals surface area contributed by atoms with Gasteiger partial charge in [0.15, 0.2) is 0 Å². The summed E-state index contributed by atoms with van der Waals surface area (Å²) < 4.78 is 29.7. The largest absolute Gasteiger partial charge is 0.496 e. The molecule has 0 unspecified atom stereocenters. The summed E-state index contributed by atoms with van der Waals surface area (Å²) in [4.78, 5) is 3.66. The molecular weight excluding hydrogens is 176 g/mol. The van der Waals surface area contributed by atoms with Crippen molar-refractivity contribution < 1.29 is 13.5 Å². The lowest BCUT2D eigenvalue weighted by Crippen LogP contribution is -1.99. The van der Waals surface area contributed by atoms with Crippen LogP contribution in [0.5, 0.6) is 5.75 Å². The number of methoxy groups -OCH3 is 1. The number of rotatable bonds is 2. The molecule has 72 valence electrons. The van der Waals surface area contributed by atoms with Gasteiger partial charge in [0.05, 0.1) is 7.11 Å². The number of aryl methyl sites for hydroxylation is 1. The molecule has 1 rings (SSSR count). The first kappa shape index (κ1) is 9.89. The zero-order valence-corrected chi connectivity index (χ0v) is 7.77.